The lowest BCUT2D eigenvalue weighted by molar-refractivity contribution is -2.00. The van der Waals surface area contributed by atoms with E-state index < -0.39 is 10.2 Å². The van der Waals surface area contributed by atoms with Gasteiger partial charge < -0.3 is 5.11 Å². The first-order valence-electron chi connectivity index (χ1n) is 9.47. The van der Waals surface area contributed by atoms with Crippen molar-refractivity contribution in [2.45, 2.75) is 0 Å². The molecule has 1 heterocycles. The molecule has 32 heavy (non-hydrogen) atoms. The summed E-state index contributed by atoms with van der Waals surface area (Å²) >= 11 is 1.70. The molecule has 162 valence electrons. The normalized spacial score (nSPS) is 11.4. The monoisotopic (exact) mass is 466 g/mol. The maximum absolute atomic E-state index is 9.93. The third-order valence-electron chi connectivity index (χ3n) is 4.46. The van der Waals surface area contributed by atoms with E-state index in [9.17, 15) is 5.11 Å². The molecule has 4 aromatic rings. The van der Waals surface area contributed by atoms with Crippen molar-refractivity contribution in [3.63, 3.8) is 0 Å². The first-order valence-corrected chi connectivity index (χ1v) is 11.5. The van der Waals surface area contributed by atoms with E-state index in [2.05, 4.69) is 60.7 Å². The smallest absolute Gasteiger partial charge is 0.246 e. The fourth-order valence-corrected chi connectivity index (χ4v) is 4.31. The third-order valence-corrected chi connectivity index (χ3v) is 5.69. The average Bonchev–Trinajstić information content (AvgIpc) is 2.80. The summed E-state index contributed by atoms with van der Waals surface area (Å²) in [7, 11) is -4.94. The fraction of sp³-hybridized carbons (Fsp3) is 0. The van der Waals surface area contributed by atoms with Crippen molar-refractivity contribution >= 4 is 16.9 Å². The van der Waals surface area contributed by atoms with E-state index in [1.165, 1.54) is 27.8 Å². The van der Waals surface area contributed by atoms with Gasteiger partial charge in [0.2, 0.25) is 21.1 Å². The van der Waals surface area contributed by atoms with Gasteiger partial charge in [-0.1, -0.05) is 78.9 Å². The van der Waals surface area contributed by atoms with Gasteiger partial charge in [-0.3, -0.25) is 0 Å². The van der Waals surface area contributed by atoms with Gasteiger partial charge in [-0.25, -0.2) is 18.6 Å². The Bertz CT molecular complexity index is 1160. The van der Waals surface area contributed by atoms with Gasteiger partial charge in [0.15, 0.2) is 0 Å². The predicted molar refractivity (Wildman–Crippen MR) is 116 cm³/mol. The minimum atomic E-state index is -4.94. The SMILES string of the molecule is O/C=C(\c1ccccc1)c1ccc(-c2ccccc2)c(-c2ccccc2)[s+]1.[O-][Cl+3]([O-])([O-])[O-]. The van der Waals surface area contributed by atoms with Crippen LogP contribution in [-0.4, -0.2) is 5.11 Å². The number of hydrogen-bond donors (Lipinski definition) is 1. The second-order valence-corrected chi connectivity index (χ2v) is 8.37. The molecule has 0 spiro atoms. The van der Waals surface area contributed by atoms with Crippen molar-refractivity contribution < 1.29 is 34.0 Å². The average molecular weight is 467 g/mol. The van der Waals surface area contributed by atoms with Crippen molar-refractivity contribution in [2.24, 2.45) is 0 Å². The molecule has 0 aliphatic heterocycles. The van der Waals surface area contributed by atoms with E-state index in [1.807, 2.05) is 42.5 Å². The number of aliphatic hydroxyl groups excluding tert-OH is 1. The van der Waals surface area contributed by atoms with E-state index in [-0.39, 0.29) is 0 Å². The van der Waals surface area contributed by atoms with Crippen LogP contribution in [0.3, 0.4) is 0 Å². The van der Waals surface area contributed by atoms with Gasteiger partial charge in [0, 0.05) is 17.2 Å². The summed E-state index contributed by atoms with van der Waals surface area (Å²) in [5.74, 6) is 0. The number of hydrogen-bond acceptors (Lipinski definition) is 5. The summed E-state index contributed by atoms with van der Waals surface area (Å²) < 4.78 is 34.0. The van der Waals surface area contributed by atoms with Crippen LogP contribution in [0.2, 0.25) is 0 Å². The Hall–Kier alpha value is -3.10. The quantitative estimate of drug-likeness (QED) is 0.367. The first-order chi connectivity index (χ1) is 15.4. The molecule has 0 saturated heterocycles. The second-order valence-electron chi connectivity index (χ2n) is 6.56. The van der Waals surface area contributed by atoms with Crippen molar-refractivity contribution in [2.75, 3.05) is 0 Å². The zero-order chi connectivity index (χ0) is 23.0. The number of rotatable bonds is 4. The van der Waals surface area contributed by atoms with Crippen LogP contribution in [-0.2, 0) is 0 Å². The summed E-state index contributed by atoms with van der Waals surface area (Å²) in [6.07, 6.45) is 1.21. The lowest BCUT2D eigenvalue weighted by Crippen LogP contribution is -2.68. The van der Waals surface area contributed by atoms with E-state index in [0.29, 0.717) is 0 Å². The van der Waals surface area contributed by atoms with E-state index in [4.69, 9.17) is 18.6 Å². The van der Waals surface area contributed by atoms with Gasteiger partial charge >= 0.3 is 0 Å². The summed E-state index contributed by atoms with van der Waals surface area (Å²) in [6.45, 7) is 0. The highest BCUT2D eigenvalue weighted by Crippen LogP contribution is 2.39. The molecule has 0 aliphatic carbocycles. The maximum Gasteiger partial charge on any atom is 0.246 e. The minimum absolute atomic E-state index is 0.831. The minimum Gasteiger partial charge on any atom is -0.515 e. The molecule has 7 heteroatoms. The lowest BCUT2D eigenvalue weighted by atomic mass is 10.0. The molecule has 0 unspecified atom stereocenters. The summed E-state index contributed by atoms with van der Waals surface area (Å²) in [6, 6.07) is 35.1. The van der Waals surface area contributed by atoms with Crippen LogP contribution >= 0.6 is 11.3 Å². The highest BCUT2D eigenvalue weighted by atomic mass is 35.7. The van der Waals surface area contributed by atoms with Crippen LogP contribution in [0.15, 0.2) is 109 Å². The molecule has 0 aliphatic rings. The molecule has 0 radical (unpaired) electrons. The van der Waals surface area contributed by atoms with Crippen molar-refractivity contribution in [3.05, 3.63) is 120 Å². The first kappa shape index (κ1) is 23.6. The lowest BCUT2D eigenvalue weighted by Gasteiger charge is -2.17. The highest BCUT2D eigenvalue weighted by Gasteiger charge is 2.23. The van der Waals surface area contributed by atoms with Crippen LogP contribution in [0.5, 0.6) is 0 Å². The van der Waals surface area contributed by atoms with Gasteiger partial charge in [0.1, 0.15) is 0 Å². The Labute approximate surface area is 192 Å². The number of benzene rings is 3. The van der Waals surface area contributed by atoms with Crippen molar-refractivity contribution in [1.82, 2.24) is 0 Å². The van der Waals surface area contributed by atoms with E-state index in [0.717, 1.165) is 16.0 Å². The molecule has 0 saturated carbocycles. The number of aliphatic hydroxyl groups is 1. The van der Waals surface area contributed by atoms with Crippen molar-refractivity contribution in [1.29, 1.82) is 0 Å². The zero-order valence-corrected chi connectivity index (χ0v) is 18.3. The van der Waals surface area contributed by atoms with Crippen LogP contribution in [0.1, 0.15) is 10.4 Å². The third kappa shape index (κ3) is 6.70. The molecule has 0 atom stereocenters. The summed E-state index contributed by atoms with van der Waals surface area (Å²) in [5, 5.41) is 9.93. The van der Waals surface area contributed by atoms with Gasteiger partial charge in [-0.2, -0.15) is 0 Å². The van der Waals surface area contributed by atoms with E-state index in [1.54, 1.807) is 11.3 Å². The molecule has 5 nitrogen and oxygen atoms in total. The van der Waals surface area contributed by atoms with Crippen LogP contribution < -0.4 is 18.6 Å². The molecular weight excluding hydrogens is 448 g/mol. The standard InChI is InChI=1S/C25H18OS.ClHO4/c26-18-23(20-12-6-2-7-13-20)24-17-16-22(19-10-4-1-5-11-19)25(27-24)21-14-8-3-9-15-21;2-1(3,4)5/h1-18H;(H,2,3,4,5)/b23-18+;. The van der Waals surface area contributed by atoms with Gasteiger partial charge in [-0.15, -0.1) is 10.2 Å². The van der Waals surface area contributed by atoms with Crippen LogP contribution in [0, 0.1) is 10.2 Å². The Morgan fingerprint density at radius 2 is 1.12 bits per heavy atom. The summed E-state index contributed by atoms with van der Waals surface area (Å²) in [5.41, 5.74) is 5.39. The predicted octanol–water partition coefficient (Wildman–Crippen LogP) is 2.55. The second kappa shape index (κ2) is 11.0. The summed E-state index contributed by atoms with van der Waals surface area (Å²) in [4.78, 5) is 2.22. The van der Waals surface area contributed by atoms with Gasteiger partial charge in [0.05, 0.1) is 11.8 Å². The fourth-order valence-electron chi connectivity index (χ4n) is 3.13. The molecule has 0 amide bonds. The molecule has 0 bridgehead atoms. The Kier molecular flexibility index (Phi) is 8.08. The number of halogens is 1. The van der Waals surface area contributed by atoms with Gasteiger partial charge in [0.25, 0.3) is 0 Å². The molecule has 1 aromatic heterocycles. The molecule has 3 aromatic carbocycles. The largest absolute Gasteiger partial charge is 0.515 e. The zero-order valence-electron chi connectivity index (χ0n) is 16.8. The maximum atomic E-state index is 9.93. The highest BCUT2D eigenvalue weighted by molar-refractivity contribution is 7.16. The molecule has 4 rings (SSSR count). The Morgan fingerprint density at radius 1 is 0.656 bits per heavy atom. The topological polar surface area (TPSA) is 112 Å². The van der Waals surface area contributed by atoms with E-state index >= 15 is 0 Å². The molecular formula is C25H19ClO5S. The molecule has 1 N–H and O–H groups in total. The van der Waals surface area contributed by atoms with Crippen molar-refractivity contribution in [3.8, 4) is 21.6 Å². The molecule has 0 fully saturated rings. The Balaban J connectivity index is 0.000000523. The Morgan fingerprint density at radius 3 is 1.62 bits per heavy atom. The van der Waals surface area contributed by atoms with Gasteiger partial charge in [-0.05, 0) is 29.3 Å². The van der Waals surface area contributed by atoms with Crippen LogP contribution in [0.4, 0.5) is 0 Å². The van der Waals surface area contributed by atoms with Crippen LogP contribution in [0.25, 0.3) is 27.1 Å².